The van der Waals surface area contributed by atoms with E-state index in [-0.39, 0.29) is 0 Å². The molecular formula is C19H18N3O5-. The van der Waals surface area contributed by atoms with Crippen LogP contribution in [0.1, 0.15) is 18.1 Å². The number of rotatable bonds is 7. The van der Waals surface area contributed by atoms with Crippen LogP contribution in [0.5, 0.6) is 5.75 Å². The monoisotopic (exact) mass is 368 g/mol. The molecule has 2 amide bonds. The summed E-state index contributed by atoms with van der Waals surface area (Å²) in [6, 6.07) is 13.5. The summed E-state index contributed by atoms with van der Waals surface area (Å²) in [6.07, 6.45) is 2.06. The molecule has 0 saturated carbocycles. The van der Waals surface area contributed by atoms with E-state index in [1.807, 2.05) is 19.1 Å². The van der Waals surface area contributed by atoms with Crippen molar-refractivity contribution in [1.29, 1.82) is 0 Å². The van der Waals surface area contributed by atoms with Gasteiger partial charge >= 0.3 is 11.8 Å². The SMILES string of the molecule is CCc1ccccc1NC(=O)C(=O)N/N=C\c1ccc(OCC(=O)[O-])cc1. The van der Waals surface area contributed by atoms with Gasteiger partial charge in [-0.3, -0.25) is 9.59 Å². The summed E-state index contributed by atoms with van der Waals surface area (Å²) >= 11 is 0. The van der Waals surface area contributed by atoms with Crippen LogP contribution in [0.15, 0.2) is 53.6 Å². The van der Waals surface area contributed by atoms with Crippen molar-refractivity contribution in [3.63, 3.8) is 0 Å². The molecule has 0 bridgehead atoms. The average molecular weight is 368 g/mol. The van der Waals surface area contributed by atoms with Gasteiger partial charge in [0, 0.05) is 5.69 Å². The van der Waals surface area contributed by atoms with Crippen LogP contribution in [-0.2, 0) is 20.8 Å². The Balaban J connectivity index is 1.87. The van der Waals surface area contributed by atoms with Crippen LogP contribution in [0.4, 0.5) is 5.69 Å². The summed E-state index contributed by atoms with van der Waals surface area (Å²) in [7, 11) is 0. The van der Waals surface area contributed by atoms with Crippen LogP contribution in [-0.4, -0.2) is 30.6 Å². The van der Waals surface area contributed by atoms with Gasteiger partial charge in [-0.25, -0.2) is 5.43 Å². The minimum absolute atomic E-state index is 0.356. The standard InChI is InChI=1S/C19H19N3O5/c1-2-14-5-3-4-6-16(14)21-18(25)19(26)22-20-11-13-7-9-15(10-8-13)27-12-17(23)24/h3-11H,2,12H2,1H3,(H,21,25)(H,22,26)(H,23,24)/p-1/b20-11-. The molecule has 0 aliphatic carbocycles. The lowest BCUT2D eigenvalue weighted by atomic mass is 10.1. The molecule has 0 atom stereocenters. The Morgan fingerprint density at radius 3 is 2.44 bits per heavy atom. The number of aliphatic carboxylic acids is 1. The molecule has 27 heavy (non-hydrogen) atoms. The van der Waals surface area contributed by atoms with Gasteiger partial charge in [-0.2, -0.15) is 5.10 Å². The second-order valence-electron chi connectivity index (χ2n) is 5.39. The highest BCUT2D eigenvalue weighted by Gasteiger charge is 2.14. The molecule has 140 valence electrons. The zero-order chi connectivity index (χ0) is 19.6. The number of aryl methyl sites for hydroxylation is 1. The lowest BCUT2D eigenvalue weighted by molar-refractivity contribution is -0.307. The topological polar surface area (TPSA) is 120 Å². The summed E-state index contributed by atoms with van der Waals surface area (Å²) in [6.45, 7) is 1.41. The van der Waals surface area contributed by atoms with E-state index in [0.717, 1.165) is 12.0 Å². The predicted molar refractivity (Wildman–Crippen MR) is 97.1 cm³/mol. The number of hydrazone groups is 1. The zero-order valence-corrected chi connectivity index (χ0v) is 14.6. The summed E-state index contributed by atoms with van der Waals surface area (Å²) in [5.74, 6) is -2.68. The van der Waals surface area contributed by atoms with E-state index in [0.29, 0.717) is 17.0 Å². The molecule has 8 nitrogen and oxygen atoms in total. The molecule has 0 aromatic heterocycles. The van der Waals surface area contributed by atoms with Crippen LogP contribution in [0.2, 0.25) is 0 Å². The minimum Gasteiger partial charge on any atom is -0.546 e. The molecule has 0 spiro atoms. The number of carbonyl (C=O) groups excluding carboxylic acids is 3. The van der Waals surface area contributed by atoms with Crippen LogP contribution < -0.4 is 20.6 Å². The van der Waals surface area contributed by atoms with Crippen LogP contribution in [0.3, 0.4) is 0 Å². The van der Waals surface area contributed by atoms with Gasteiger partial charge in [-0.15, -0.1) is 0 Å². The first-order valence-corrected chi connectivity index (χ1v) is 8.14. The van der Waals surface area contributed by atoms with Gasteiger partial charge in [0.25, 0.3) is 0 Å². The quantitative estimate of drug-likeness (QED) is 0.418. The number of nitrogens with zero attached hydrogens (tertiary/aromatic N) is 1. The number of carboxylic acid groups (broad SMARTS) is 1. The fourth-order valence-corrected chi connectivity index (χ4v) is 2.14. The molecule has 0 unspecified atom stereocenters. The molecular weight excluding hydrogens is 350 g/mol. The first kappa shape index (κ1) is 19.6. The van der Waals surface area contributed by atoms with Crippen molar-refractivity contribution < 1.29 is 24.2 Å². The first-order valence-electron chi connectivity index (χ1n) is 8.14. The second-order valence-corrected chi connectivity index (χ2v) is 5.39. The van der Waals surface area contributed by atoms with E-state index in [9.17, 15) is 19.5 Å². The van der Waals surface area contributed by atoms with Crippen molar-refractivity contribution in [2.75, 3.05) is 11.9 Å². The Kier molecular flexibility index (Phi) is 7.07. The molecule has 0 fully saturated rings. The highest BCUT2D eigenvalue weighted by atomic mass is 16.5. The van der Waals surface area contributed by atoms with E-state index in [1.54, 1.807) is 36.4 Å². The third kappa shape index (κ3) is 6.28. The van der Waals surface area contributed by atoms with E-state index < -0.39 is 24.4 Å². The number of carboxylic acids is 1. The number of hydrogen-bond donors (Lipinski definition) is 2. The van der Waals surface area contributed by atoms with Gasteiger partial charge in [0.1, 0.15) is 12.4 Å². The van der Waals surface area contributed by atoms with Crippen molar-refractivity contribution in [3.05, 3.63) is 59.7 Å². The van der Waals surface area contributed by atoms with Gasteiger partial charge < -0.3 is 20.0 Å². The maximum Gasteiger partial charge on any atom is 0.329 e. The fraction of sp³-hybridized carbons (Fsp3) is 0.158. The smallest absolute Gasteiger partial charge is 0.329 e. The maximum absolute atomic E-state index is 11.9. The number of nitrogens with one attached hydrogen (secondary N) is 2. The van der Waals surface area contributed by atoms with Crippen molar-refractivity contribution in [2.24, 2.45) is 5.10 Å². The van der Waals surface area contributed by atoms with Crippen molar-refractivity contribution in [2.45, 2.75) is 13.3 Å². The highest BCUT2D eigenvalue weighted by Crippen LogP contribution is 2.15. The zero-order valence-electron chi connectivity index (χ0n) is 14.6. The Bertz CT molecular complexity index is 847. The number of benzene rings is 2. The van der Waals surface area contributed by atoms with Crippen molar-refractivity contribution >= 4 is 29.7 Å². The molecule has 0 saturated heterocycles. The van der Waals surface area contributed by atoms with Crippen LogP contribution in [0, 0.1) is 0 Å². The molecule has 2 rings (SSSR count). The lowest BCUT2D eigenvalue weighted by Gasteiger charge is -2.08. The molecule has 2 aromatic carbocycles. The van der Waals surface area contributed by atoms with Gasteiger partial charge in [0.2, 0.25) is 0 Å². The highest BCUT2D eigenvalue weighted by molar-refractivity contribution is 6.39. The van der Waals surface area contributed by atoms with E-state index >= 15 is 0 Å². The predicted octanol–water partition coefficient (Wildman–Crippen LogP) is 0.466. The number of hydrogen-bond acceptors (Lipinski definition) is 6. The van der Waals surface area contributed by atoms with E-state index in [1.165, 1.54) is 6.21 Å². The number of carbonyl (C=O) groups is 3. The Hall–Kier alpha value is -3.68. The van der Waals surface area contributed by atoms with Gasteiger partial charge in [0.15, 0.2) is 0 Å². The largest absolute Gasteiger partial charge is 0.546 e. The molecule has 8 heteroatoms. The van der Waals surface area contributed by atoms with E-state index in [2.05, 4.69) is 15.8 Å². The molecule has 0 aliphatic rings. The average Bonchev–Trinajstić information content (AvgIpc) is 2.67. The third-order valence-electron chi connectivity index (χ3n) is 3.47. The molecule has 0 aliphatic heterocycles. The number of ether oxygens (including phenoxy) is 1. The normalized spacial score (nSPS) is 10.4. The maximum atomic E-state index is 11.9. The summed E-state index contributed by atoms with van der Waals surface area (Å²) in [5.41, 5.74) is 4.26. The molecule has 2 N–H and O–H groups in total. The fourth-order valence-electron chi connectivity index (χ4n) is 2.14. The minimum atomic E-state index is -1.32. The second kappa shape index (κ2) is 9.71. The first-order chi connectivity index (χ1) is 13.0. The van der Waals surface area contributed by atoms with Crippen LogP contribution >= 0.6 is 0 Å². The number of amides is 2. The van der Waals surface area contributed by atoms with Crippen LogP contribution in [0.25, 0.3) is 0 Å². The van der Waals surface area contributed by atoms with E-state index in [4.69, 9.17) is 4.74 Å². The van der Waals surface area contributed by atoms with Gasteiger partial charge in [-0.1, -0.05) is 25.1 Å². The molecule has 2 aromatic rings. The summed E-state index contributed by atoms with van der Waals surface area (Å²) in [4.78, 5) is 34.1. The summed E-state index contributed by atoms with van der Waals surface area (Å²) < 4.78 is 4.94. The van der Waals surface area contributed by atoms with Crippen molar-refractivity contribution in [1.82, 2.24) is 5.43 Å². The Morgan fingerprint density at radius 1 is 1.07 bits per heavy atom. The van der Waals surface area contributed by atoms with Crippen molar-refractivity contribution in [3.8, 4) is 5.75 Å². The Labute approximate surface area is 155 Å². The molecule has 0 radical (unpaired) electrons. The Morgan fingerprint density at radius 2 is 1.78 bits per heavy atom. The molecule has 0 heterocycles. The number of para-hydroxylation sites is 1. The third-order valence-corrected chi connectivity index (χ3v) is 3.47. The van der Waals surface area contributed by atoms with Gasteiger partial charge in [0.05, 0.1) is 12.2 Å². The number of anilines is 1. The lowest BCUT2D eigenvalue weighted by Crippen LogP contribution is -2.32. The summed E-state index contributed by atoms with van der Waals surface area (Å²) in [5, 5.41) is 16.6. The van der Waals surface area contributed by atoms with Gasteiger partial charge in [-0.05, 0) is 47.9 Å².